The van der Waals surface area contributed by atoms with Gasteiger partial charge in [0.15, 0.2) is 0 Å². The third-order valence-electron chi connectivity index (χ3n) is 8.85. The molecule has 144 valence electrons. The molecule has 3 aliphatic carbocycles. The van der Waals surface area contributed by atoms with E-state index in [-0.39, 0.29) is 34.7 Å². The Kier molecular flexibility index (Phi) is 4.39. The van der Waals surface area contributed by atoms with Crippen LogP contribution >= 0.6 is 0 Å². The summed E-state index contributed by atoms with van der Waals surface area (Å²) in [5.74, 6) is 0.0930. The Morgan fingerprint density at radius 1 is 1.16 bits per heavy atom. The summed E-state index contributed by atoms with van der Waals surface area (Å²) in [6.45, 7) is 13.1. The van der Waals surface area contributed by atoms with Gasteiger partial charge in [-0.25, -0.2) is 0 Å². The fraction of sp³-hybridized carbons (Fsp3) is 0.955. The first kappa shape index (κ1) is 19.2. The van der Waals surface area contributed by atoms with Crippen molar-refractivity contribution in [2.75, 3.05) is 6.61 Å². The Labute approximate surface area is 153 Å². The second-order valence-corrected chi connectivity index (χ2v) is 10.8. The normalized spacial score (nSPS) is 42.8. The summed E-state index contributed by atoms with van der Waals surface area (Å²) in [5, 5.41) is 12.0. The number of carbonyl (C=O) groups is 1. The first-order valence-electron chi connectivity index (χ1n) is 10.3. The van der Waals surface area contributed by atoms with E-state index < -0.39 is 11.0 Å². The highest BCUT2D eigenvalue weighted by molar-refractivity contribution is 5.75. The molecular weight excluding hydrogens is 312 g/mol. The molecule has 3 fully saturated rings. The van der Waals surface area contributed by atoms with Crippen LogP contribution in [0, 0.1) is 27.6 Å². The molecule has 3 heteroatoms. The second-order valence-electron chi connectivity index (χ2n) is 10.8. The molecule has 0 aliphatic heterocycles. The number of carbonyl (C=O) groups excluding carboxylic acids is 1. The number of aliphatic hydroxyl groups is 1. The maximum atomic E-state index is 12.5. The highest BCUT2D eigenvalue weighted by Crippen LogP contribution is 2.74. The number of hydrogen-bond donors (Lipinski definition) is 1. The van der Waals surface area contributed by atoms with Gasteiger partial charge in [-0.3, -0.25) is 4.79 Å². The van der Waals surface area contributed by atoms with E-state index in [0.717, 1.165) is 32.1 Å². The number of rotatable bonds is 4. The van der Waals surface area contributed by atoms with Crippen LogP contribution in [0.2, 0.25) is 0 Å². The van der Waals surface area contributed by atoms with Crippen molar-refractivity contribution in [3.05, 3.63) is 0 Å². The number of ether oxygens (including phenoxy) is 1. The van der Waals surface area contributed by atoms with Crippen molar-refractivity contribution in [3.8, 4) is 0 Å². The van der Waals surface area contributed by atoms with Gasteiger partial charge in [0.1, 0.15) is 12.2 Å². The predicted octanol–water partition coefficient (Wildman–Crippen LogP) is 5.10. The van der Waals surface area contributed by atoms with Crippen LogP contribution in [0.4, 0.5) is 0 Å². The molecule has 3 aliphatic rings. The van der Waals surface area contributed by atoms with Gasteiger partial charge in [-0.1, -0.05) is 40.5 Å². The molecule has 3 unspecified atom stereocenters. The van der Waals surface area contributed by atoms with Crippen molar-refractivity contribution >= 4 is 5.97 Å². The molecule has 3 rings (SSSR count). The van der Waals surface area contributed by atoms with Crippen molar-refractivity contribution in [1.29, 1.82) is 0 Å². The van der Waals surface area contributed by atoms with Crippen molar-refractivity contribution in [3.63, 3.8) is 0 Å². The quantitative estimate of drug-likeness (QED) is 0.717. The highest BCUT2D eigenvalue weighted by Gasteiger charge is 2.72. The van der Waals surface area contributed by atoms with Crippen LogP contribution in [-0.2, 0) is 9.53 Å². The summed E-state index contributed by atoms with van der Waals surface area (Å²) in [6, 6.07) is 0. The fourth-order valence-corrected chi connectivity index (χ4v) is 6.56. The maximum absolute atomic E-state index is 12.5. The van der Waals surface area contributed by atoms with Crippen LogP contribution in [0.1, 0.15) is 92.9 Å². The summed E-state index contributed by atoms with van der Waals surface area (Å²) in [7, 11) is 0. The number of esters is 1. The Bertz CT molecular complexity index is 551. The lowest BCUT2D eigenvalue weighted by Gasteiger charge is -2.48. The van der Waals surface area contributed by atoms with Gasteiger partial charge in [0.05, 0.1) is 5.41 Å². The predicted molar refractivity (Wildman–Crippen MR) is 100 cm³/mol. The SMILES string of the molecule is CCC(C)(C)C(=O)OCC1(O)C2CCCC23C[C@]1(C)CCCC3(C)C. The fourth-order valence-electron chi connectivity index (χ4n) is 6.56. The first-order chi connectivity index (χ1) is 11.4. The van der Waals surface area contributed by atoms with E-state index in [1.807, 2.05) is 20.8 Å². The Balaban J connectivity index is 1.91. The van der Waals surface area contributed by atoms with Gasteiger partial charge < -0.3 is 9.84 Å². The number of fused-ring (bicyclic) bond motifs is 1. The number of hydrogen-bond acceptors (Lipinski definition) is 3. The van der Waals surface area contributed by atoms with Crippen LogP contribution in [-0.4, -0.2) is 23.3 Å². The molecule has 2 bridgehead atoms. The highest BCUT2D eigenvalue weighted by atomic mass is 16.5. The third kappa shape index (κ3) is 2.51. The van der Waals surface area contributed by atoms with E-state index in [2.05, 4.69) is 20.8 Å². The van der Waals surface area contributed by atoms with Gasteiger partial charge in [0.25, 0.3) is 0 Å². The van der Waals surface area contributed by atoms with Crippen molar-refractivity contribution in [2.24, 2.45) is 27.6 Å². The van der Waals surface area contributed by atoms with E-state index in [9.17, 15) is 9.90 Å². The molecule has 0 aromatic heterocycles. The zero-order valence-corrected chi connectivity index (χ0v) is 17.2. The van der Waals surface area contributed by atoms with Crippen molar-refractivity contribution < 1.29 is 14.6 Å². The Morgan fingerprint density at radius 2 is 1.84 bits per heavy atom. The molecule has 0 amide bonds. The minimum atomic E-state index is -0.874. The average molecular weight is 351 g/mol. The molecule has 0 saturated heterocycles. The van der Waals surface area contributed by atoms with Gasteiger partial charge in [-0.15, -0.1) is 0 Å². The lowest BCUT2D eigenvalue weighted by atomic mass is 9.58. The Hall–Kier alpha value is -0.570. The summed E-state index contributed by atoms with van der Waals surface area (Å²) < 4.78 is 5.78. The molecule has 4 atom stereocenters. The maximum Gasteiger partial charge on any atom is 0.311 e. The molecule has 1 N–H and O–H groups in total. The van der Waals surface area contributed by atoms with Crippen LogP contribution in [0.15, 0.2) is 0 Å². The van der Waals surface area contributed by atoms with Gasteiger partial charge >= 0.3 is 5.97 Å². The summed E-state index contributed by atoms with van der Waals surface area (Å²) >= 11 is 0. The summed E-state index contributed by atoms with van der Waals surface area (Å²) in [5.41, 5.74) is -1.03. The van der Waals surface area contributed by atoms with Gasteiger partial charge in [-0.2, -0.15) is 0 Å². The van der Waals surface area contributed by atoms with E-state index in [1.54, 1.807) is 0 Å². The van der Waals surface area contributed by atoms with Gasteiger partial charge in [0.2, 0.25) is 0 Å². The van der Waals surface area contributed by atoms with E-state index in [0.29, 0.717) is 0 Å². The van der Waals surface area contributed by atoms with Gasteiger partial charge in [-0.05, 0) is 69.1 Å². The second kappa shape index (κ2) is 5.71. The first-order valence-corrected chi connectivity index (χ1v) is 10.3. The van der Waals surface area contributed by atoms with Crippen LogP contribution < -0.4 is 0 Å². The minimum Gasteiger partial charge on any atom is -0.462 e. The van der Waals surface area contributed by atoms with E-state index in [1.165, 1.54) is 19.3 Å². The molecule has 0 radical (unpaired) electrons. The average Bonchev–Trinajstić information content (AvgIpc) is 2.99. The largest absolute Gasteiger partial charge is 0.462 e. The molecule has 3 nitrogen and oxygen atoms in total. The smallest absolute Gasteiger partial charge is 0.311 e. The molecular formula is C22H38O3. The van der Waals surface area contributed by atoms with Gasteiger partial charge in [0, 0.05) is 5.41 Å². The molecule has 0 aromatic rings. The monoisotopic (exact) mass is 350 g/mol. The molecule has 25 heavy (non-hydrogen) atoms. The van der Waals surface area contributed by atoms with E-state index >= 15 is 0 Å². The zero-order valence-electron chi connectivity index (χ0n) is 17.2. The van der Waals surface area contributed by atoms with Crippen molar-refractivity contribution in [2.45, 2.75) is 98.5 Å². The molecule has 0 heterocycles. The van der Waals surface area contributed by atoms with Crippen molar-refractivity contribution in [1.82, 2.24) is 0 Å². The standard InChI is InChI=1S/C22H38O3/c1-7-18(2,3)17(23)25-15-22(24)16-10-8-13-21(16)14-20(22,6)12-9-11-19(21,4)5/h16,24H,7-15H2,1-6H3/t16?,20-,21?,22?/m0/s1. The van der Waals surface area contributed by atoms with Crippen LogP contribution in [0.25, 0.3) is 0 Å². The lowest BCUT2D eigenvalue weighted by molar-refractivity contribution is -0.179. The molecule has 0 aromatic carbocycles. The van der Waals surface area contributed by atoms with E-state index in [4.69, 9.17) is 4.74 Å². The van der Waals surface area contributed by atoms with Crippen LogP contribution in [0.5, 0.6) is 0 Å². The Morgan fingerprint density at radius 3 is 2.48 bits per heavy atom. The lowest BCUT2D eigenvalue weighted by Crippen LogP contribution is -2.53. The summed E-state index contributed by atoms with van der Waals surface area (Å²) in [6.07, 6.45) is 8.78. The topological polar surface area (TPSA) is 46.5 Å². The molecule has 3 saturated carbocycles. The molecule has 1 spiro atoms. The van der Waals surface area contributed by atoms with Crippen LogP contribution in [0.3, 0.4) is 0 Å². The zero-order chi connectivity index (χ0) is 18.7. The third-order valence-corrected chi connectivity index (χ3v) is 8.85. The minimum absolute atomic E-state index is 0.136. The summed E-state index contributed by atoms with van der Waals surface area (Å²) in [4.78, 5) is 12.5.